The van der Waals surface area contributed by atoms with E-state index in [1.54, 1.807) is 13.1 Å². The Hall–Kier alpha value is -1.65. The molecule has 5 heteroatoms. The average Bonchev–Trinajstić information content (AvgIpc) is 2.40. The van der Waals surface area contributed by atoms with Gasteiger partial charge in [-0.15, -0.1) is 0 Å². The SMILES string of the molecule is CCOC(=O)c1nccc(N2CCC(C)CC2)n1. The van der Waals surface area contributed by atoms with Crippen LogP contribution in [0.5, 0.6) is 0 Å². The van der Waals surface area contributed by atoms with Crippen molar-refractivity contribution in [3.63, 3.8) is 0 Å². The van der Waals surface area contributed by atoms with E-state index in [1.165, 1.54) is 12.8 Å². The minimum absolute atomic E-state index is 0.146. The van der Waals surface area contributed by atoms with E-state index in [2.05, 4.69) is 21.8 Å². The molecule has 2 rings (SSSR count). The Morgan fingerprint density at radius 2 is 2.22 bits per heavy atom. The lowest BCUT2D eigenvalue weighted by molar-refractivity contribution is 0.0512. The third-order valence-electron chi connectivity index (χ3n) is 3.21. The van der Waals surface area contributed by atoms with Gasteiger partial charge in [0.2, 0.25) is 5.82 Å². The van der Waals surface area contributed by atoms with Gasteiger partial charge in [0.1, 0.15) is 5.82 Å². The van der Waals surface area contributed by atoms with Gasteiger partial charge >= 0.3 is 5.97 Å². The normalized spacial score (nSPS) is 16.7. The summed E-state index contributed by atoms with van der Waals surface area (Å²) in [6, 6.07) is 1.85. The van der Waals surface area contributed by atoms with Crippen LogP contribution >= 0.6 is 0 Å². The Labute approximate surface area is 107 Å². The predicted molar refractivity (Wildman–Crippen MR) is 68.6 cm³/mol. The minimum Gasteiger partial charge on any atom is -0.460 e. The number of esters is 1. The summed E-state index contributed by atoms with van der Waals surface area (Å²) in [7, 11) is 0. The van der Waals surface area contributed by atoms with Crippen LogP contribution in [0.1, 0.15) is 37.3 Å². The zero-order chi connectivity index (χ0) is 13.0. The van der Waals surface area contributed by atoms with Gasteiger partial charge in [-0.05, 0) is 31.7 Å². The monoisotopic (exact) mass is 249 g/mol. The summed E-state index contributed by atoms with van der Waals surface area (Å²) in [6.45, 7) is 6.35. The van der Waals surface area contributed by atoms with Crippen molar-refractivity contribution < 1.29 is 9.53 Å². The quantitative estimate of drug-likeness (QED) is 0.766. The summed E-state index contributed by atoms with van der Waals surface area (Å²) in [5.74, 6) is 1.28. The van der Waals surface area contributed by atoms with E-state index in [1.807, 2.05) is 6.07 Å². The molecule has 0 bridgehead atoms. The van der Waals surface area contributed by atoms with Crippen LogP contribution in [0.15, 0.2) is 12.3 Å². The van der Waals surface area contributed by atoms with E-state index >= 15 is 0 Å². The van der Waals surface area contributed by atoms with E-state index in [0.29, 0.717) is 6.61 Å². The fraction of sp³-hybridized carbons (Fsp3) is 0.615. The van der Waals surface area contributed by atoms with Crippen molar-refractivity contribution in [1.29, 1.82) is 0 Å². The molecule has 98 valence electrons. The van der Waals surface area contributed by atoms with Crippen LogP contribution in [0, 0.1) is 5.92 Å². The maximum Gasteiger partial charge on any atom is 0.376 e. The lowest BCUT2D eigenvalue weighted by atomic mass is 9.99. The highest BCUT2D eigenvalue weighted by atomic mass is 16.5. The van der Waals surface area contributed by atoms with Gasteiger partial charge < -0.3 is 9.64 Å². The number of aromatic nitrogens is 2. The molecule has 1 aromatic heterocycles. The second-order valence-corrected chi connectivity index (χ2v) is 4.63. The Morgan fingerprint density at radius 3 is 2.89 bits per heavy atom. The van der Waals surface area contributed by atoms with Crippen molar-refractivity contribution in [3.05, 3.63) is 18.1 Å². The molecule has 0 aliphatic carbocycles. The second kappa shape index (κ2) is 5.80. The number of hydrogen-bond acceptors (Lipinski definition) is 5. The van der Waals surface area contributed by atoms with Gasteiger partial charge in [0, 0.05) is 19.3 Å². The number of hydrogen-bond donors (Lipinski definition) is 0. The smallest absolute Gasteiger partial charge is 0.376 e. The van der Waals surface area contributed by atoms with Crippen molar-refractivity contribution in [2.45, 2.75) is 26.7 Å². The van der Waals surface area contributed by atoms with Crippen LogP contribution in [-0.4, -0.2) is 35.6 Å². The molecular formula is C13H19N3O2. The van der Waals surface area contributed by atoms with Crippen LogP contribution in [0.4, 0.5) is 5.82 Å². The number of ether oxygens (including phenoxy) is 1. The van der Waals surface area contributed by atoms with Crippen molar-refractivity contribution in [1.82, 2.24) is 9.97 Å². The van der Waals surface area contributed by atoms with Crippen molar-refractivity contribution >= 4 is 11.8 Å². The first-order valence-electron chi connectivity index (χ1n) is 6.45. The van der Waals surface area contributed by atoms with Gasteiger partial charge in [0.05, 0.1) is 6.61 Å². The molecule has 0 spiro atoms. The van der Waals surface area contributed by atoms with Crippen LogP contribution in [-0.2, 0) is 4.74 Å². The maximum atomic E-state index is 11.6. The van der Waals surface area contributed by atoms with E-state index < -0.39 is 5.97 Å². The zero-order valence-corrected chi connectivity index (χ0v) is 10.9. The first-order chi connectivity index (χ1) is 8.70. The lowest BCUT2D eigenvalue weighted by Crippen LogP contribution is -2.33. The standard InChI is InChI=1S/C13H19N3O2/c1-3-18-13(17)12-14-7-4-11(15-12)16-8-5-10(2)6-9-16/h4,7,10H,3,5-6,8-9H2,1-2H3. The van der Waals surface area contributed by atoms with Crippen LogP contribution in [0.3, 0.4) is 0 Å². The maximum absolute atomic E-state index is 11.6. The van der Waals surface area contributed by atoms with E-state index in [0.717, 1.165) is 24.8 Å². The first-order valence-corrected chi connectivity index (χ1v) is 6.45. The minimum atomic E-state index is -0.454. The van der Waals surface area contributed by atoms with Crippen LogP contribution < -0.4 is 4.90 Å². The van der Waals surface area contributed by atoms with E-state index in [4.69, 9.17) is 4.74 Å². The molecule has 0 aromatic carbocycles. The van der Waals surface area contributed by atoms with E-state index in [9.17, 15) is 4.79 Å². The molecule has 18 heavy (non-hydrogen) atoms. The van der Waals surface area contributed by atoms with Gasteiger partial charge in [-0.25, -0.2) is 14.8 Å². The number of anilines is 1. The third kappa shape index (κ3) is 2.97. The number of carbonyl (C=O) groups excluding carboxylic acids is 1. The number of piperidine rings is 1. The zero-order valence-electron chi connectivity index (χ0n) is 10.9. The van der Waals surface area contributed by atoms with Crippen LogP contribution in [0.2, 0.25) is 0 Å². The summed E-state index contributed by atoms with van der Waals surface area (Å²) in [6.07, 6.45) is 3.95. The summed E-state index contributed by atoms with van der Waals surface area (Å²) in [5.41, 5.74) is 0. The lowest BCUT2D eigenvalue weighted by Gasteiger charge is -2.31. The summed E-state index contributed by atoms with van der Waals surface area (Å²) >= 11 is 0. The van der Waals surface area contributed by atoms with Gasteiger partial charge in [-0.2, -0.15) is 0 Å². The molecule has 0 unspecified atom stereocenters. The molecule has 1 saturated heterocycles. The fourth-order valence-corrected chi connectivity index (χ4v) is 2.06. The number of nitrogens with zero attached hydrogens (tertiary/aromatic N) is 3. The Kier molecular flexibility index (Phi) is 4.12. The molecule has 1 aliphatic rings. The number of rotatable bonds is 3. The molecule has 1 fully saturated rings. The molecule has 0 N–H and O–H groups in total. The molecule has 0 atom stereocenters. The largest absolute Gasteiger partial charge is 0.460 e. The van der Waals surface area contributed by atoms with Crippen molar-refractivity contribution in [3.8, 4) is 0 Å². The van der Waals surface area contributed by atoms with Crippen molar-refractivity contribution in [2.24, 2.45) is 5.92 Å². The highest BCUT2D eigenvalue weighted by Gasteiger charge is 2.18. The highest BCUT2D eigenvalue weighted by molar-refractivity contribution is 5.85. The molecule has 0 saturated carbocycles. The van der Waals surface area contributed by atoms with Crippen LogP contribution in [0.25, 0.3) is 0 Å². The molecule has 2 heterocycles. The average molecular weight is 249 g/mol. The topological polar surface area (TPSA) is 55.3 Å². The Balaban J connectivity index is 2.09. The molecule has 5 nitrogen and oxygen atoms in total. The Morgan fingerprint density at radius 1 is 1.50 bits per heavy atom. The molecule has 0 radical (unpaired) electrons. The van der Waals surface area contributed by atoms with Gasteiger partial charge in [-0.1, -0.05) is 6.92 Å². The van der Waals surface area contributed by atoms with E-state index in [-0.39, 0.29) is 5.82 Å². The third-order valence-corrected chi connectivity index (χ3v) is 3.21. The second-order valence-electron chi connectivity index (χ2n) is 4.63. The highest BCUT2D eigenvalue weighted by Crippen LogP contribution is 2.20. The molecule has 1 aliphatic heterocycles. The van der Waals surface area contributed by atoms with Crippen molar-refractivity contribution in [2.75, 3.05) is 24.6 Å². The van der Waals surface area contributed by atoms with Gasteiger partial charge in [0.15, 0.2) is 0 Å². The molecule has 1 aromatic rings. The number of carbonyl (C=O) groups is 1. The Bertz CT molecular complexity index is 414. The summed E-state index contributed by atoms with van der Waals surface area (Å²) < 4.78 is 4.90. The fourth-order valence-electron chi connectivity index (χ4n) is 2.06. The van der Waals surface area contributed by atoms with Gasteiger partial charge in [-0.3, -0.25) is 0 Å². The summed E-state index contributed by atoms with van der Waals surface area (Å²) in [4.78, 5) is 22.0. The summed E-state index contributed by atoms with van der Waals surface area (Å²) in [5, 5.41) is 0. The van der Waals surface area contributed by atoms with Gasteiger partial charge in [0.25, 0.3) is 0 Å². The molecular weight excluding hydrogens is 230 g/mol. The molecule has 0 amide bonds. The predicted octanol–water partition coefficient (Wildman–Crippen LogP) is 1.89. The first kappa shape index (κ1) is 12.8.